The quantitative estimate of drug-likeness (QED) is 0.110. The Morgan fingerprint density at radius 1 is 0.860 bits per heavy atom. The third-order valence-corrected chi connectivity index (χ3v) is 8.06. The van der Waals surface area contributed by atoms with E-state index in [-0.39, 0.29) is 12.6 Å². The number of amides is 2. The first kappa shape index (κ1) is 33.7. The highest BCUT2D eigenvalue weighted by molar-refractivity contribution is 5.76. The molecule has 1 saturated carbocycles. The molecule has 0 aromatic carbocycles. The van der Waals surface area contributed by atoms with Gasteiger partial charge in [0.2, 0.25) is 11.8 Å². The number of hydrogen-bond acceptors (Lipinski definition) is 15. The number of nitrogens with one attached hydrogen (secondary N) is 3. The van der Waals surface area contributed by atoms with Crippen LogP contribution in [-0.4, -0.2) is 168 Å². The van der Waals surface area contributed by atoms with Gasteiger partial charge in [0.25, 0.3) is 6.02 Å². The van der Waals surface area contributed by atoms with Gasteiger partial charge in [-0.05, 0) is 0 Å². The van der Waals surface area contributed by atoms with Crippen LogP contribution >= 0.6 is 0 Å². The number of ether oxygens (including phenoxy) is 6. The van der Waals surface area contributed by atoms with E-state index in [4.69, 9.17) is 28.4 Å². The molecule has 18 nitrogen and oxygen atoms in total. The standard InChI is InChI=1S/C25H42N4O14/c1-8(32)27-14-17(35)16(34)12(7-38-4)40-23(14)42-22-11(6-31)39-24(15(19(22)37)28-9(2)33)41-21-10(5-30)20-13(18(21)36)29-25(26-3)43-20/h10-24,30-31,34-37H,5-7H2,1-4H3,(H,26,29)(H,27,32)(H,28,33)/t10-,11+,12-,13+,14-,15-,16-,17-,18+,19+,20-,21+,22-,23+,24+/m1/s1. The predicted octanol–water partition coefficient (Wildman–Crippen LogP) is -5.74. The van der Waals surface area contributed by atoms with E-state index >= 15 is 0 Å². The van der Waals surface area contributed by atoms with Crippen LogP contribution in [0.1, 0.15) is 13.8 Å². The lowest BCUT2D eigenvalue weighted by Crippen LogP contribution is -2.69. The zero-order valence-corrected chi connectivity index (χ0v) is 24.2. The van der Waals surface area contributed by atoms with Gasteiger partial charge < -0.3 is 75.0 Å². The van der Waals surface area contributed by atoms with Crippen molar-refractivity contribution < 1.29 is 68.6 Å². The molecule has 3 heterocycles. The summed E-state index contributed by atoms with van der Waals surface area (Å²) in [6.45, 7) is 1.06. The topological polar surface area (TPSA) is 259 Å². The smallest absolute Gasteiger partial charge is 0.285 e. The zero-order chi connectivity index (χ0) is 31.6. The summed E-state index contributed by atoms with van der Waals surface area (Å²) in [4.78, 5) is 28.0. The van der Waals surface area contributed by atoms with Crippen LogP contribution in [0.4, 0.5) is 0 Å². The number of nitrogens with zero attached hydrogens (tertiary/aromatic N) is 1. The van der Waals surface area contributed by atoms with E-state index < -0.39 is 117 Å². The van der Waals surface area contributed by atoms with E-state index in [2.05, 4.69) is 20.9 Å². The average molecular weight is 623 g/mol. The molecule has 3 aliphatic heterocycles. The van der Waals surface area contributed by atoms with Gasteiger partial charge in [-0.1, -0.05) is 0 Å². The van der Waals surface area contributed by atoms with Gasteiger partial charge in [-0.3, -0.25) is 9.59 Å². The first-order chi connectivity index (χ1) is 20.4. The molecule has 246 valence electrons. The Morgan fingerprint density at radius 3 is 1.98 bits per heavy atom. The van der Waals surface area contributed by atoms with E-state index in [0.717, 1.165) is 0 Å². The van der Waals surface area contributed by atoms with Gasteiger partial charge in [-0.15, -0.1) is 0 Å². The Morgan fingerprint density at radius 2 is 1.44 bits per heavy atom. The number of aliphatic hydroxyl groups is 6. The fraction of sp³-hybridized carbons (Fsp3) is 0.880. The van der Waals surface area contributed by atoms with E-state index in [1.54, 1.807) is 0 Å². The first-order valence-electron chi connectivity index (χ1n) is 13.9. The number of aliphatic hydroxyl groups excluding tert-OH is 6. The molecule has 0 aromatic rings. The number of fused-ring (bicyclic) bond motifs is 1. The van der Waals surface area contributed by atoms with Gasteiger partial charge in [0.1, 0.15) is 60.9 Å². The van der Waals surface area contributed by atoms with Crippen LogP contribution in [0.3, 0.4) is 0 Å². The lowest BCUT2D eigenvalue weighted by molar-refractivity contribution is -0.339. The summed E-state index contributed by atoms with van der Waals surface area (Å²) in [6, 6.07) is -3.11. The van der Waals surface area contributed by atoms with Crippen molar-refractivity contribution in [1.29, 1.82) is 0 Å². The molecular weight excluding hydrogens is 580 g/mol. The highest BCUT2D eigenvalue weighted by Crippen LogP contribution is 2.38. The van der Waals surface area contributed by atoms with Crippen molar-refractivity contribution >= 4 is 17.8 Å². The number of carbonyl (C=O) groups excluding carboxylic acids is 2. The van der Waals surface area contributed by atoms with Crippen molar-refractivity contribution in [2.24, 2.45) is 10.9 Å². The van der Waals surface area contributed by atoms with Crippen molar-refractivity contribution in [1.82, 2.24) is 16.0 Å². The van der Waals surface area contributed by atoms with E-state index in [1.807, 2.05) is 0 Å². The maximum absolute atomic E-state index is 12.2. The highest BCUT2D eigenvalue weighted by Gasteiger charge is 2.59. The van der Waals surface area contributed by atoms with Crippen molar-refractivity contribution in [3.8, 4) is 0 Å². The summed E-state index contributed by atoms with van der Waals surface area (Å²) in [7, 11) is 2.85. The lowest BCUT2D eigenvalue weighted by Gasteiger charge is -2.48. The van der Waals surface area contributed by atoms with Gasteiger partial charge in [-0.25, -0.2) is 4.99 Å². The highest BCUT2D eigenvalue weighted by atomic mass is 16.7. The molecule has 15 atom stereocenters. The summed E-state index contributed by atoms with van der Waals surface area (Å²) in [5.41, 5.74) is 0. The predicted molar refractivity (Wildman–Crippen MR) is 141 cm³/mol. The SMILES string of the molecule is CN=C1N[C@H]2[C@H](O)[C@@H](O[C@@H]3O[C@@H](CO)[C@@H](O[C@@H]4O[C@H](COC)[C@@H](O)[C@H](O)[C@H]4NC(C)=O)[C@@H](O)[C@H]3NC(C)=O)[C@H](CO)[C@H]2O1. The molecule has 0 unspecified atom stereocenters. The second kappa shape index (κ2) is 14.2. The van der Waals surface area contributed by atoms with Gasteiger partial charge in [-0.2, -0.15) is 0 Å². The Balaban J connectivity index is 1.57. The number of methoxy groups -OCH3 is 1. The molecule has 2 amide bonds. The third-order valence-electron chi connectivity index (χ3n) is 8.06. The number of hydrogen-bond donors (Lipinski definition) is 9. The Hall–Kier alpha value is -2.23. The first-order valence-corrected chi connectivity index (χ1v) is 13.9. The summed E-state index contributed by atoms with van der Waals surface area (Å²) in [5, 5.41) is 72.0. The monoisotopic (exact) mass is 622 g/mol. The molecule has 18 heteroatoms. The molecule has 43 heavy (non-hydrogen) atoms. The maximum Gasteiger partial charge on any atom is 0.285 e. The normalized spacial score (nSPS) is 45.3. The molecule has 0 bridgehead atoms. The molecule has 4 aliphatic rings. The summed E-state index contributed by atoms with van der Waals surface area (Å²) in [5.74, 6) is -1.91. The molecular formula is C25H42N4O14. The van der Waals surface area contributed by atoms with E-state index in [9.17, 15) is 40.2 Å². The number of carbonyl (C=O) groups is 2. The van der Waals surface area contributed by atoms with E-state index in [1.165, 1.54) is 28.0 Å². The summed E-state index contributed by atoms with van der Waals surface area (Å²) < 4.78 is 34.5. The van der Waals surface area contributed by atoms with Crippen molar-refractivity contribution in [2.75, 3.05) is 34.0 Å². The summed E-state index contributed by atoms with van der Waals surface area (Å²) >= 11 is 0. The van der Waals surface area contributed by atoms with Crippen LogP contribution in [0, 0.1) is 5.92 Å². The average Bonchev–Trinajstić information content (AvgIpc) is 3.49. The number of rotatable bonds is 10. The van der Waals surface area contributed by atoms with Gasteiger partial charge >= 0.3 is 0 Å². The van der Waals surface area contributed by atoms with Gasteiger partial charge in [0, 0.05) is 28.0 Å². The molecule has 4 fully saturated rings. The molecule has 0 radical (unpaired) electrons. The maximum atomic E-state index is 12.2. The minimum atomic E-state index is -1.63. The minimum absolute atomic E-state index is 0.148. The van der Waals surface area contributed by atoms with E-state index in [0.29, 0.717) is 0 Å². The lowest BCUT2D eigenvalue weighted by atomic mass is 9.94. The Kier molecular flexibility index (Phi) is 11.2. The summed E-state index contributed by atoms with van der Waals surface area (Å²) in [6.07, 6.45) is -14.4. The van der Waals surface area contributed by atoms with Crippen LogP contribution in [0.15, 0.2) is 4.99 Å². The van der Waals surface area contributed by atoms with Crippen LogP contribution in [-0.2, 0) is 38.0 Å². The van der Waals surface area contributed by atoms with Gasteiger partial charge in [0.05, 0.1) is 37.9 Å². The molecule has 3 saturated heterocycles. The molecule has 0 aromatic heterocycles. The third kappa shape index (κ3) is 6.89. The van der Waals surface area contributed by atoms with Crippen LogP contribution in [0.5, 0.6) is 0 Å². The second-order valence-corrected chi connectivity index (χ2v) is 11.0. The molecule has 0 spiro atoms. The van der Waals surface area contributed by atoms with Crippen molar-refractivity contribution in [3.05, 3.63) is 0 Å². The fourth-order valence-corrected chi connectivity index (χ4v) is 6.03. The van der Waals surface area contributed by atoms with Crippen molar-refractivity contribution in [2.45, 2.75) is 99.5 Å². The van der Waals surface area contributed by atoms with Gasteiger partial charge in [0.15, 0.2) is 12.6 Å². The number of aliphatic imine (C=N–C) groups is 1. The van der Waals surface area contributed by atoms with Crippen molar-refractivity contribution in [3.63, 3.8) is 0 Å². The second-order valence-electron chi connectivity index (χ2n) is 11.0. The molecule has 1 aliphatic carbocycles. The Labute approximate surface area is 247 Å². The number of amidine groups is 1. The van der Waals surface area contributed by atoms with Crippen LogP contribution in [0.2, 0.25) is 0 Å². The minimum Gasteiger partial charge on any atom is -0.459 e. The largest absolute Gasteiger partial charge is 0.459 e. The zero-order valence-electron chi connectivity index (χ0n) is 24.2. The van der Waals surface area contributed by atoms with Crippen LogP contribution < -0.4 is 16.0 Å². The fourth-order valence-electron chi connectivity index (χ4n) is 6.03. The molecule has 4 rings (SSSR count). The van der Waals surface area contributed by atoms with Crippen LogP contribution in [0.25, 0.3) is 0 Å². The molecule has 9 N–H and O–H groups in total. The Bertz CT molecular complexity index is 1010.